The Morgan fingerprint density at radius 1 is 1.21 bits per heavy atom. The summed E-state index contributed by atoms with van der Waals surface area (Å²) in [6.45, 7) is -0.170. The molecule has 0 amide bonds. The van der Waals surface area contributed by atoms with Gasteiger partial charge in [0.25, 0.3) is 0 Å². The van der Waals surface area contributed by atoms with Gasteiger partial charge in [0.15, 0.2) is 5.75 Å². The molecule has 0 aliphatic rings. The van der Waals surface area contributed by atoms with Gasteiger partial charge >= 0.3 is 5.69 Å². The molecule has 2 rings (SSSR count). The Balaban J connectivity index is 2.22. The summed E-state index contributed by atoms with van der Waals surface area (Å²) in [4.78, 5) is 10.2. The van der Waals surface area contributed by atoms with E-state index in [1.807, 2.05) is 0 Å². The SMILES string of the molecule is O=[N+]([O-])c1ccccc1OCc1c(F)cccc1Cl. The van der Waals surface area contributed by atoms with Crippen LogP contribution in [0.1, 0.15) is 5.56 Å². The third kappa shape index (κ3) is 3.00. The number of hydrogen-bond donors (Lipinski definition) is 0. The minimum absolute atomic E-state index is 0.0758. The number of para-hydroxylation sites is 2. The van der Waals surface area contributed by atoms with Crippen molar-refractivity contribution in [3.05, 3.63) is 69.0 Å². The van der Waals surface area contributed by atoms with E-state index >= 15 is 0 Å². The fraction of sp³-hybridized carbons (Fsp3) is 0.0769. The number of halogens is 2. The lowest BCUT2D eigenvalue weighted by Crippen LogP contribution is -2.01. The molecule has 98 valence electrons. The highest BCUT2D eigenvalue weighted by molar-refractivity contribution is 6.31. The molecule has 0 bridgehead atoms. The summed E-state index contributed by atoms with van der Waals surface area (Å²) in [6, 6.07) is 10.2. The highest BCUT2D eigenvalue weighted by Crippen LogP contribution is 2.28. The third-order valence-electron chi connectivity index (χ3n) is 2.50. The molecule has 0 aliphatic carbocycles. The molecule has 0 spiro atoms. The first-order valence-electron chi connectivity index (χ1n) is 5.38. The topological polar surface area (TPSA) is 52.4 Å². The van der Waals surface area contributed by atoms with Crippen LogP contribution in [0, 0.1) is 15.9 Å². The van der Waals surface area contributed by atoms with Crippen LogP contribution in [-0.4, -0.2) is 4.92 Å². The molecule has 2 aromatic rings. The normalized spacial score (nSPS) is 10.2. The summed E-state index contributed by atoms with van der Waals surface area (Å²) in [5.74, 6) is -0.432. The summed E-state index contributed by atoms with van der Waals surface area (Å²) in [7, 11) is 0. The quantitative estimate of drug-likeness (QED) is 0.629. The zero-order valence-electron chi connectivity index (χ0n) is 9.68. The Morgan fingerprint density at radius 3 is 2.63 bits per heavy atom. The molecule has 0 fully saturated rings. The fourth-order valence-electron chi connectivity index (χ4n) is 1.55. The molecule has 4 nitrogen and oxygen atoms in total. The summed E-state index contributed by atoms with van der Waals surface area (Å²) < 4.78 is 18.8. The highest BCUT2D eigenvalue weighted by atomic mass is 35.5. The number of nitro benzene ring substituents is 1. The van der Waals surface area contributed by atoms with E-state index in [0.717, 1.165) is 0 Å². The predicted octanol–water partition coefficient (Wildman–Crippen LogP) is 3.97. The molecule has 0 aliphatic heterocycles. The second-order valence-electron chi connectivity index (χ2n) is 3.71. The second kappa shape index (κ2) is 5.67. The first kappa shape index (κ1) is 13.3. The lowest BCUT2D eigenvalue weighted by Gasteiger charge is -2.08. The minimum Gasteiger partial charge on any atom is -0.482 e. The van der Waals surface area contributed by atoms with Gasteiger partial charge in [0, 0.05) is 11.6 Å². The van der Waals surface area contributed by atoms with Gasteiger partial charge in [-0.1, -0.05) is 29.8 Å². The van der Waals surface area contributed by atoms with Crippen molar-refractivity contribution in [3.8, 4) is 5.75 Å². The number of benzene rings is 2. The average Bonchev–Trinajstić information content (AvgIpc) is 2.38. The Bertz CT molecular complexity index is 598. The molecule has 2 aromatic carbocycles. The van der Waals surface area contributed by atoms with Gasteiger partial charge in [-0.05, 0) is 18.2 Å². The number of nitrogens with zero attached hydrogens (tertiary/aromatic N) is 1. The van der Waals surface area contributed by atoms with Crippen LogP contribution >= 0.6 is 11.6 Å². The molecule has 0 atom stereocenters. The largest absolute Gasteiger partial charge is 0.482 e. The number of nitro groups is 1. The van der Waals surface area contributed by atoms with Crippen LogP contribution in [0.3, 0.4) is 0 Å². The maximum Gasteiger partial charge on any atom is 0.310 e. The van der Waals surface area contributed by atoms with Crippen molar-refractivity contribution in [1.29, 1.82) is 0 Å². The fourth-order valence-corrected chi connectivity index (χ4v) is 1.77. The van der Waals surface area contributed by atoms with Gasteiger partial charge in [-0.15, -0.1) is 0 Å². The molecular weight excluding hydrogens is 273 g/mol. The van der Waals surface area contributed by atoms with Crippen LogP contribution in [0.4, 0.5) is 10.1 Å². The highest BCUT2D eigenvalue weighted by Gasteiger charge is 2.15. The van der Waals surface area contributed by atoms with E-state index in [9.17, 15) is 14.5 Å². The lowest BCUT2D eigenvalue weighted by molar-refractivity contribution is -0.385. The summed E-state index contributed by atoms with van der Waals surface area (Å²) in [5.41, 5.74) is -0.00252. The van der Waals surface area contributed by atoms with Crippen molar-refractivity contribution in [1.82, 2.24) is 0 Å². The standard InChI is InChI=1S/C13H9ClFNO3/c14-10-4-3-5-11(15)9(10)8-19-13-7-2-1-6-12(13)16(17)18/h1-7H,8H2. The van der Waals surface area contributed by atoms with Gasteiger partial charge in [-0.2, -0.15) is 0 Å². The molecule has 0 aromatic heterocycles. The van der Waals surface area contributed by atoms with Gasteiger partial charge in [0.2, 0.25) is 0 Å². The maximum atomic E-state index is 13.5. The van der Waals surface area contributed by atoms with Crippen LogP contribution in [0.2, 0.25) is 5.02 Å². The zero-order chi connectivity index (χ0) is 13.8. The van der Waals surface area contributed by atoms with Crippen LogP contribution in [0.5, 0.6) is 5.75 Å². The van der Waals surface area contributed by atoms with Gasteiger partial charge in [0.05, 0.1) is 9.95 Å². The number of hydrogen-bond acceptors (Lipinski definition) is 3. The first-order chi connectivity index (χ1) is 9.09. The van der Waals surface area contributed by atoms with Crippen molar-refractivity contribution in [2.45, 2.75) is 6.61 Å². The van der Waals surface area contributed by atoms with Crippen molar-refractivity contribution in [2.24, 2.45) is 0 Å². The molecule has 0 saturated carbocycles. The molecule has 6 heteroatoms. The predicted molar refractivity (Wildman–Crippen MR) is 68.8 cm³/mol. The van der Waals surface area contributed by atoms with Crippen LogP contribution in [-0.2, 0) is 6.61 Å². The molecule has 0 heterocycles. The Labute approximate surface area is 113 Å². The minimum atomic E-state index is -0.557. The maximum absolute atomic E-state index is 13.5. The molecule has 0 saturated heterocycles. The Kier molecular flexibility index (Phi) is 3.97. The zero-order valence-corrected chi connectivity index (χ0v) is 10.4. The van der Waals surface area contributed by atoms with E-state index in [-0.39, 0.29) is 28.6 Å². The van der Waals surface area contributed by atoms with Crippen molar-refractivity contribution in [2.75, 3.05) is 0 Å². The monoisotopic (exact) mass is 281 g/mol. The van der Waals surface area contributed by atoms with Crippen LogP contribution < -0.4 is 4.74 Å². The van der Waals surface area contributed by atoms with Gasteiger partial charge < -0.3 is 4.74 Å². The van der Waals surface area contributed by atoms with E-state index in [1.54, 1.807) is 6.07 Å². The second-order valence-corrected chi connectivity index (χ2v) is 4.12. The number of rotatable bonds is 4. The van der Waals surface area contributed by atoms with Crippen LogP contribution in [0.15, 0.2) is 42.5 Å². The average molecular weight is 282 g/mol. The van der Waals surface area contributed by atoms with Crippen molar-refractivity contribution < 1.29 is 14.1 Å². The summed E-state index contributed by atoms with van der Waals surface area (Å²) >= 11 is 5.84. The lowest BCUT2D eigenvalue weighted by atomic mass is 10.2. The van der Waals surface area contributed by atoms with Crippen molar-refractivity contribution in [3.63, 3.8) is 0 Å². The smallest absolute Gasteiger partial charge is 0.310 e. The summed E-state index contributed by atoms with van der Waals surface area (Å²) in [6.07, 6.45) is 0. The van der Waals surface area contributed by atoms with Crippen molar-refractivity contribution >= 4 is 17.3 Å². The van der Waals surface area contributed by atoms with Gasteiger partial charge in [-0.25, -0.2) is 4.39 Å². The molecule has 0 unspecified atom stereocenters. The van der Waals surface area contributed by atoms with E-state index in [1.165, 1.54) is 36.4 Å². The summed E-state index contributed by atoms with van der Waals surface area (Å²) in [5, 5.41) is 11.0. The van der Waals surface area contributed by atoms with Crippen LogP contribution in [0.25, 0.3) is 0 Å². The molecular formula is C13H9ClFNO3. The number of ether oxygens (including phenoxy) is 1. The van der Waals surface area contributed by atoms with Gasteiger partial charge in [-0.3, -0.25) is 10.1 Å². The van der Waals surface area contributed by atoms with Gasteiger partial charge in [0.1, 0.15) is 12.4 Å². The Morgan fingerprint density at radius 2 is 1.95 bits per heavy atom. The molecule has 0 N–H and O–H groups in total. The third-order valence-corrected chi connectivity index (χ3v) is 2.85. The van der Waals surface area contributed by atoms with E-state index in [2.05, 4.69) is 0 Å². The van der Waals surface area contributed by atoms with E-state index in [4.69, 9.17) is 16.3 Å². The molecule has 0 radical (unpaired) electrons. The van der Waals surface area contributed by atoms with E-state index in [0.29, 0.717) is 0 Å². The van der Waals surface area contributed by atoms with E-state index < -0.39 is 10.7 Å². The molecule has 19 heavy (non-hydrogen) atoms. The Hall–Kier alpha value is -2.14. The first-order valence-corrected chi connectivity index (χ1v) is 5.76.